The van der Waals surface area contributed by atoms with Gasteiger partial charge in [0.1, 0.15) is 12.1 Å². The molecule has 2 aliphatic rings. The predicted molar refractivity (Wildman–Crippen MR) is 102 cm³/mol. The molecule has 4 rings (SSSR count). The maximum atomic E-state index is 12.3. The molecule has 0 amide bonds. The summed E-state index contributed by atoms with van der Waals surface area (Å²) in [6, 6.07) is 1.68. The molecule has 1 saturated heterocycles. The van der Waals surface area contributed by atoms with E-state index in [0.717, 1.165) is 56.8 Å². The number of aryl methyl sites for hydroxylation is 1. The number of fused-ring (bicyclic) bond motifs is 1. The Kier molecular flexibility index (Phi) is 4.74. The molecule has 0 N–H and O–H groups in total. The molecule has 0 bridgehead atoms. The normalized spacial score (nSPS) is 17.7. The highest BCUT2D eigenvalue weighted by molar-refractivity contribution is 5.50. The van der Waals surface area contributed by atoms with Gasteiger partial charge in [-0.3, -0.25) is 9.36 Å². The summed E-state index contributed by atoms with van der Waals surface area (Å²) in [5.41, 5.74) is 3.54. The van der Waals surface area contributed by atoms with Crippen LogP contribution in [-0.4, -0.2) is 32.6 Å². The second kappa shape index (κ2) is 7.17. The van der Waals surface area contributed by atoms with Crippen LogP contribution in [0.25, 0.3) is 0 Å². The number of anilines is 1. The fourth-order valence-corrected chi connectivity index (χ4v) is 4.11. The van der Waals surface area contributed by atoms with E-state index in [2.05, 4.69) is 33.7 Å². The Hall–Kier alpha value is -2.24. The van der Waals surface area contributed by atoms with Gasteiger partial charge in [0.15, 0.2) is 0 Å². The summed E-state index contributed by atoms with van der Waals surface area (Å²) in [4.78, 5) is 28.2. The smallest absolute Gasteiger partial charge is 0.253 e. The monoisotopic (exact) mass is 353 g/mol. The van der Waals surface area contributed by atoms with E-state index in [0.29, 0.717) is 5.92 Å². The lowest BCUT2D eigenvalue weighted by Crippen LogP contribution is -2.37. The molecule has 3 heterocycles. The molecule has 6 nitrogen and oxygen atoms in total. The Morgan fingerprint density at radius 1 is 1.15 bits per heavy atom. The van der Waals surface area contributed by atoms with E-state index in [1.807, 2.05) is 0 Å². The number of aromatic nitrogens is 4. The fraction of sp³-hybridized carbons (Fsp3) is 0.600. The first kappa shape index (κ1) is 17.2. The van der Waals surface area contributed by atoms with E-state index >= 15 is 0 Å². The minimum Gasteiger partial charge on any atom is -0.356 e. The number of piperidine rings is 1. The summed E-state index contributed by atoms with van der Waals surface area (Å²) in [6.45, 7) is 6.89. The molecule has 0 spiro atoms. The van der Waals surface area contributed by atoms with Crippen LogP contribution in [0.3, 0.4) is 0 Å². The van der Waals surface area contributed by atoms with Crippen molar-refractivity contribution >= 4 is 5.82 Å². The Morgan fingerprint density at radius 2 is 1.96 bits per heavy atom. The molecule has 0 radical (unpaired) electrons. The molecule has 0 unspecified atom stereocenters. The van der Waals surface area contributed by atoms with Gasteiger partial charge in [-0.25, -0.2) is 15.0 Å². The summed E-state index contributed by atoms with van der Waals surface area (Å²) in [5, 5.41) is 0. The van der Waals surface area contributed by atoms with E-state index < -0.39 is 0 Å². The van der Waals surface area contributed by atoms with Crippen molar-refractivity contribution in [1.29, 1.82) is 0 Å². The van der Waals surface area contributed by atoms with Gasteiger partial charge in [-0.15, -0.1) is 0 Å². The van der Waals surface area contributed by atoms with Crippen LogP contribution in [0.1, 0.15) is 56.0 Å². The lowest BCUT2D eigenvalue weighted by Gasteiger charge is -2.33. The predicted octanol–water partition coefficient (Wildman–Crippen LogP) is 2.56. The van der Waals surface area contributed by atoms with Gasteiger partial charge in [-0.2, -0.15) is 0 Å². The highest BCUT2D eigenvalue weighted by Crippen LogP contribution is 2.30. The molecule has 6 heteroatoms. The molecule has 1 aliphatic carbocycles. The van der Waals surface area contributed by atoms with E-state index in [1.165, 1.54) is 17.7 Å². The van der Waals surface area contributed by atoms with Gasteiger partial charge in [0.2, 0.25) is 0 Å². The number of hydrogen-bond donors (Lipinski definition) is 0. The van der Waals surface area contributed by atoms with Crippen LogP contribution in [0.15, 0.2) is 23.5 Å². The Morgan fingerprint density at radius 3 is 2.69 bits per heavy atom. The van der Waals surface area contributed by atoms with Gasteiger partial charge in [0.05, 0.1) is 12.0 Å². The van der Waals surface area contributed by atoms with Crippen molar-refractivity contribution in [2.75, 3.05) is 18.0 Å². The lowest BCUT2D eigenvalue weighted by atomic mass is 9.96. The second-order valence-corrected chi connectivity index (χ2v) is 7.87. The maximum Gasteiger partial charge on any atom is 0.253 e. The fourth-order valence-electron chi connectivity index (χ4n) is 4.11. The van der Waals surface area contributed by atoms with Gasteiger partial charge >= 0.3 is 0 Å². The van der Waals surface area contributed by atoms with Gasteiger partial charge in [-0.05, 0) is 43.9 Å². The Bertz CT molecular complexity index is 836. The number of rotatable bonds is 4. The number of hydrogen-bond acceptors (Lipinski definition) is 5. The first-order valence-corrected chi connectivity index (χ1v) is 9.76. The Labute approximate surface area is 154 Å². The molecule has 1 fully saturated rings. The minimum absolute atomic E-state index is 0.0692. The van der Waals surface area contributed by atoms with E-state index in [9.17, 15) is 4.79 Å². The zero-order valence-electron chi connectivity index (χ0n) is 15.7. The van der Waals surface area contributed by atoms with Gasteiger partial charge in [0.25, 0.3) is 5.56 Å². The highest BCUT2D eigenvalue weighted by atomic mass is 16.1. The summed E-state index contributed by atoms with van der Waals surface area (Å²) in [6.07, 6.45) is 8.99. The topological polar surface area (TPSA) is 63.9 Å². The SMILES string of the molecule is CC(C)c1cc(=O)n(CC2CCN(c3ncnc4c3CCC4)CC2)cn1. The summed E-state index contributed by atoms with van der Waals surface area (Å²) in [5.74, 6) is 1.95. The van der Waals surface area contributed by atoms with Gasteiger partial charge in [-0.1, -0.05) is 13.8 Å². The maximum absolute atomic E-state index is 12.3. The van der Waals surface area contributed by atoms with Gasteiger partial charge < -0.3 is 4.90 Å². The molecule has 26 heavy (non-hydrogen) atoms. The van der Waals surface area contributed by atoms with Crippen LogP contribution in [0.4, 0.5) is 5.82 Å². The molecule has 0 saturated carbocycles. The van der Waals surface area contributed by atoms with Crippen LogP contribution >= 0.6 is 0 Å². The third-order valence-electron chi connectivity index (χ3n) is 5.71. The molecular formula is C20H27N5O. The van der Waals surface area contributed by atoms with Crippen LogP contribution in [0.5, 0.6) is 0 Å². The molecular weight excluding hydrogens is 326 g/mol. The van der Waals surface area contributed by atoms with E-state index in [4.69, 9.17) is 0 Å². The van der Waals surface area contributed by atoms with Crippen LogP contribution in [-0.2, 0) is 19.4 Å². The quantitative estimate of drug-likeness (QED) is 0.845. The molecule has 0 aromatic carbocycles. The third-order valence-corrected chi connectivity index (χ3v) is 5.71. The minimum atomic E-state index is 0.0692. The third kappa shape index (κ3) is 3.37. The molecule has 2 aromatic rings. The summed E-state index contributed by atoms with van der Waals surface area (Å²) in [7, 11) is 0. The van der Waals surface area contributed by atoms with Crippen molar-refractivity contribution < 1.29 is 0 Å². The second-order valence-electron chi connectivity index (χ2n) is 7.87. The molecule has 0 atom stereocenters. The zero-order chi connectivity index (χ0) is 18.1. The standard InChI is InChI=1S/C20H27N5O/c1-14(2)18-10-19(26)25(13-23-18)11-15-6-8-24(9-7-15)20-16-4-3-5-17(16)21-12-22-20/h10,12-15H,3-9,11H2,1-2H3. The largest absolute Gasteiger partial charge is 0.356 e. The van der Waals surface area contributed by atoms with Crippen LogP contribution in [0.2, 0.25) is 0 Å². The summed E-state index contributed by atoms with van der Waals surface area (Å²) >= 11 is 0. The van der Waals surface area contributed by atoms with Crippen LogP contribution < -0.4 is 10.5 Å². The first-order valence-electron chi connectivity index (χ1n) is 9.76. The highest BCUT2D eigenvalue weighted by Gasteiger charge is 2.25. The molecule has 138 valence electrons. The average Bonchev–Trinajstić information content (AvgIpc) is 3.13. The van der Waals surface area contributed by atoms with Crippen molar-refractivity contribution in [3.8, 4) is 0 Å². The first-order chi connectivity index (χ1) is 12.6. The van der Waals surface area contributed by atoms with Crippen molar-refractivity contribution in [2.45, 2.75) is 58.4 Å². The molecule has 1 aliphatic heterocycles. The van der Waals surface area contributed by atoms with Crippen molar-refractivity contribution in [3.05, 3.63) is 46.0 Å². The van der Waals surface area contributed by atoms with Gasteiger partial charge in [0, 0.05) is 37.0 Å². The Balaban J connectivity index is 1.40. The average molecular weight is 353 g/mol. The molecule has 2 aromatic heterocycles. The van der Waals surface area contributed by atoms with Crippen molar-refractivity contribution in [2.24, 2.45) is 5.92 Å². The summed E-state index contributed by atoms with van der Waals surface area (Å²) < 4.78 is 1.77. The lowest BCUT2D eigenvalue weighted by molar-refractivity contribution is 0.349. The van der Waals surface area contributed by atoms with Crippen molar-refractivity contribution in [1.82, 2.24) is 19.5 Å². The van der Waals surface area contributed by atoms with E-state index in [1.54, 1.807) is 23.3 Å². The van der Waals surface area contributed by atoms with Crippen LogP contribution in [0, 0.1) is 5.92 Å². The van der Waals surface area contributed by atoms with E-state index in [-0.39, 0.29) is 11.5 Å². The number of nitrogens with zero attached hydrogens (tertiary/aromatic N) is 5. The van der Waals surface area contributed by atoms with Crippen molar-refractivity contribution in [3.63, 3.8) is 0 Å². The zero-order valence-corrected chi connectivity index (χ0v) is 15.7.